The van der Waals surface area contributed by atoms with Gasteiger partial charge < -0.3 is 4.74 Å². The van der Waals surface area contributed by atoms with Crippen LogP contribution in [-0.2, 0) is 11.3 Å². The smallest absolute Gasteiger partial charge is 0.135 e. The van der Waals surface area contributed by atoms with Crippen LogP contribution in [0, 0.1) is 0 Å². The van der Waals surface area contributed by atoms with E-state index in [2.05, 4.69) is 23.7 Å². The summed E-state index contributed by atoms with van der Waals surface area (Å²) in [7, 11) is 1.70. The SMILES string of the molecule is COCCN(Cc1ccc(Cl)nc1Cl)C(C)C. The van der Waals surface area contributed by atoms with Gasteiger partial charge in [0.2, 0.25) is 0 Å². The van der Waals surface area contributed by atoms with E-state index in [1.54, 1.807) is 13.2 Å². The zero-order chi connectivity index (χ0) is 12.8. The Bertz CT molecular complexity index is 358. The van der Waals surface area contributed by atoms with Gasteiger partial charge in [-0.3, -0.25) is 4.90 Å². The van der Waals surface area contributed by atoms with Crippen molar-refractivity contribution in [3.63, 3.8) is 0 Å². The van der Waals surface area contributed by atoms with E-state index in [-0.39, 0.29) is 0 Å². The summed E-state index contributed by atoms with van der Waals surface area (Å²) >= 11 is 11.8. The Morgan fingerprint density at radius 2 is 2.06 bits per heavy atom. The molecule has 1 rings (SSSR count). The van der Waals surface area contributed by atoms with E-state index >= 15 is 0 Å². The Morgan fingerprint density at radius 1 is 1.35 bits per heavy atom. The molecule has 0 saturated carbocycles. The molecule has 0 saturated heterocycles. The highest BCUT2D eigenvalue weighted by Crippen LogP contribution is 2.19. The molecule has 5 heteroatoms. The van der Waals surface area contributed by atoms with Crippen LogP contribution < -0.4 is 0 Å². The molecule has 0 radical (unpaired) electrons. The summed E-state index contributed by atoms with van der Waals surface area (Å²) in [4.78, 5) is 6.32. The average molecular weight is 277 g/mol. The third kappa shape index (κ3) is 4.80. The van der Waals surface area contributed by atoms with Gasteiger partial charge in [0.1, 0.15) is 10.3 Å². The van der Waals surface area contributed by atoms with Crippen molar-refractivity contribution >= 4 is 23.2 Å². The number of methoxy groups -OCH3 is 1. The van der Waals surface area contributed by atoms with Crippen LogP contribution in [0.15, 0.2) is 12.1 Å². The predicted octanol–water partition coefficient (Wildman–Crippen LogP) is 3.25. The number of aromatic nitrogens is 1. The Labute approximate surface area is 113 Å². The molecule has 0 atom stereocenters. The van der Waals surface area contributed by atoms with Gasteiger partial charge >= 0.3 is 0 Å². The molecule has 17 heavy (non-hydrogen) atoms. The molecule has 0 unspecified atom stereocenters. The number of ether oxygens (including phenoxy) is 1. The van der Waals surface area contributed by atoms with E-state index < -0.39 is 0 Å². The van der Waals surface area contributed by atoms with E-state index in [4.69, 9.17) is 27.9 Å². The fourth-order valence-corrected chi connectivity index (χ4v) is 1.91. The van der Waals surface area contributed by atoms with Crippen LogP contribution in [0.5, 0.6) is 0 Å². The number of hydrogen-bond donors (Lipinski definition) is 0. The lowest BCUT2D eigenvalue weighted by Crippen LogP contribution is -2.33. The summed E-state index contributed by atoms with van der Waals surface area (Å²) in [5.74, 6) is 0. The van der Waals surface area contributed by atoms with Crippen molar-refractivity contribution in [2.75, 3.05) is 20.3 Å². The molecule has 1 aromatic rings. The summed E-state index contributed by atoms with van der Waals surface area (Å²) in [6.07, 6.45) is 0. The quantitative estimate of drug-likeness (QED) is 0.746. The molecule has 0 aliphatic carbocycles. The third-order valence-electron chi connectivity index (χ3n) is 2.58. The van der Waals surface area contributed by atoms with Crippen LogP contribution in [0.4, 0.5) is 0 Å². The average Bonchev–Trinajstić information content (AvgIpc) is 2.26. The van der Waals surface area contributed by atoms with Crippen molar-refractivity contribution in [2.24, 2.45) is 0 Å². The first kappa shape index (κ1) is 14.7. The van der Waals surface area contributed by atoms with Crippen molar-refractivity contribution in [3.05, 3.63) is 28.0 Å². The van der Waals surface area contributed by atoms with Crippen LogP contribution in [0.2, 0.25) is 10.3 Å². The van der Waals surface area contributed by atoms with Gasteiger partial charge in [-0.05, 0) is 19.9 Å². The van der Waals surface area contributed by atoms with E-state index in [9.17, 15) is 0 Å². The molecule has 1 heterocycles. The van der Waals surface area contributed by atoms with E-state index in [0.29, 0.717) is 23.0 Å². The molecule has 0 aromatic carbocycles. The molecule has 1 aromatic heterocycles. The largest absolute Gasteiger partial charge is 0.383 e. The summed E-state index contributed by atoms with van der Waals surface area (Å²) in [6.45, 7) is 6.62. The highest BCUT2D eigenvalue weighted by Gasteiger charge is 2.12. The maximum absolute atomic E-state index is 6.06. The zero-order valence-electron chi connectivity index (χ0n) is 10.4. The second-order valence-corrected chi connectivity index (χ2v) is 4.89. The highest BCUT2D eigenvalue weighted by molar-refractivity contribution is 6.32. The predicted molar refractivity (Wildman–Crippen MR) is 71.7 cm³/mol. The Balaban J connectivity index is 2.71. The molecule has 0 spiro atoms. The van der Waals surface area contributed by atoms with Crippen LogP contribution in [-0.4, -0.2) is 36.2 Å². The van der Waals surface area contributed by atoms with E-state index in [0.717, 1.165) is 18.7 Å². The second kappa shape index (κ2) is 7.17. The minimum atomic E-state index is 0.423. The molecule has 3 nitrogen and oxygen atoms in total. The lowest BCUT2D eigenvalue weighted by atomic mass is 10.2. The van der Waals surface area contributed by atoms with Crippen LogP contribution in [0.3, 0.4) is 0 Å². The normalized spacial score (nSPS) is 11.5. The minimum Gasteiger partial charge on any atom is -0.383 e. The zero-order valence-corrected chi connectivity index (χ0v) is 11.9. The monoisotopic (exact) mass is 276 g/mol. The first-order chi connectivity index (χ1) is 8.04. The molecule has 0 bridgehead atoms. The molecule has 0 aliphatic rings. The standard InChI is InChI=1S/C12H18Cl2N2O/c1-9(2)16(6-7-17-3)8-10-4-5-11(13)15-12(10)14/h4-5,9H,6-8H2,1-3H3. The molecule has 0 amide bonds. The van der Waals surface area contributed by atoms with Gasteiger partial charge in [0.05, 0.1) is 6.61 Å². The van der Waals surface area contributed by atoms with Crippen LogP contribution >= 0.6 is 23.2 Å². The first-order valence-electron chi connectivity index (χ1n) is 5.58. The molecule has 96 valence electrons. The molecular formula is C12H18Cl2N2O. The first-order valence-corrected chi connectivity index (χ1v) is 6.34. The van der Waals surface area contributed by atoms with E-state index in [1.165, 1.54) is 0 Å². The highest BCUT2D eigenvalue weighted by atomic mass is 35.5. The van der Waals surface area contributed by atoms with Crippen LogP contribution in [0.1, 0.15) is 19.4 Å². The lowest BCUT2D eigenvalue weighted by molar-refractivity contribution is 0.125. The number of nitrogens with zero attached hydrogens (tertiary/aromatic N) is 2. The van der Waals surface area contributed by atoms with Gasteiger partial charge in [0, 0.05) is 31.8 Å². The second-order valence-electron chi connectivity index (χ2n) is 4.14. The van der Waals surface area contributed by atoms with Crippen molar-refractivity contribution in [2.45, 2.75) is 26.4 Å². The van der Waals surface area contributed by atoms with E-state index in [1.807, 2.05) is 6.07 Å². The van der Waals surface area contributed by atoms with Crippen molar-refractivity contribution in [1.29, 1.82) is 0 Å². The maximum atomic E-state index is 6.06. The fourth-order valence-electron chi connectivity index (χ4n) is 1.51. The molecule has 0 aliphatic heterocycles. The third-order valence-corrected chi connectivity index (χ3v) is 3.12. The van der Waals surface area contributed by atoms with Crippen molar-refractivity contribution in [1.82, 2.24) is 9.88 Å². The fraction of sp³-hybridized carbons (Fsp3) is 0.583. The number of rotatable bonds is 6. The van der Waals surface area contributed by atoms with Gasteiger partial charge in [-0.25, -0.2) is 4.98 Å². The number of pyridine rings is 1. The van der Waals surface area contributed by atoms with Gasteiger partial charge in [0.25, 0.3) is 0 Å². The van der Waals surface area contributed by atoms with Gasteiger partial charge in [0.15, 0.2) is 0 Å². The topological polar surface area (TPSA) is 25.4 Å². The maximum Gasteiger partial charge on any atom is 0.135 e. The summed E-state index contributed by atoms with van der Waals surface area (Å²) < 4.78 is 5.10. The minimum absolute atomic E-state index is 0.423. The van der Waals surface area contributed by atoms with Crippen molar-refractivity contribution in [3.8, 4) is 0 Å². The van der Waals surface area contributed by atoms with Crippen molar-refractivity contribution < 1.29 is 4.74 Å². The van der Waals surface area contributed by atoms with Gasteiger partial charge in [-0.2, -0.15) is 0 Å². The molecule has 0 fully saturated rings. The Kier molecular flexibility index (Phi) is 6.20. The Morgan fingerprint density at radius 3 is 2.59 bits per heavy atom. The Hall–Kier alpha value is -0.350. The summed E-state index contributed by atoms with van der Waals surface area (Å²) in [5.41, 5.74) is 0.987. The summed E-state index contributed by atoms with van der Waals surface area (Å²) in [5, 5.41) is 0.896. The van der Waals surface area contributed by atoms with Gasteiger partial charge in [-0.15, -0.1) is 0 Å². The molecule has 0 N–H and O–H groups in total. The van der Waals surface area contributed by atoms with Crippen LogP contribution in [0.25, 0.3) is 0 Å². The lowest BCUT2D eigenvalue weighted by Gasteiger charge is -2.26. The number of hydrogen-bond acceptors (Lipinski definition) is 3. The van der Waals surface area contributed by atoms with Gasteiger partial charge in [-0.1, -0.05) is 29.3 Å². The number of halogens is 2. The molecular weight excluding hydrogens is 259 g/mol. The summed E-state index contributed by atoms with van der Waals surface area (Å²) in [6, 6.07) is 4.11.